The molecular weight excluding hydrogens is 212 g/mol. The van der Waals surface area contributed by atoms with Crippen molar-refractivity contribution < 1.29 is 4.79 Å². The molecule has 0 aromatic heterocycles. The van der Waals surface area contributed by atoms with E-state index in [1.807, 2.05) is 12.1 Å². The van der Waals surface area contributed by atoms with Gasteiger partial charge in [0.05, 0.1) is 6.54 Å². The van der Waals surface area contributed by atoms with Crippen molar-refractivity contribution in [2.45, 2.75) is 19.8 Å². The largest absolute Gasteiger partial charge is 0.352 e. The van der Waals surface area contributed by atoms with Crippen LogP contribution in [0, 0.1) is 11.8 Å². The van der Waals surface area contributed by atoms with Gasteiger partial charge in [0, 0.05) is 17.7 Å². The van der Waals surface area contributed by atoms with Crippen molar-refractivity contribution in [3.63, 3.8) is 0 Å². The summed E-state index contributed by atoms with van der Waals surface area (Å²) in [5.41, 5.74) is 6.83. The number of carbonyl (C=O) groups is 1. The summed E-state index contributed by atoms with van der Waals surface area (Å²) in [4.78, 5) is 11.7. The van der Waals surface area contributed by atoms with Crippen LogP contribution in [0.1, 0.15) is 35.7 Å². The summed E-state index contributed by atoms with van der Waals surface area (Å²) in [6.07, 6.45) is 2.08. The molecule has 0 saturated heterocycles. The van der Waals surface area contributed by atoms with Gasteiger partial charge in [-0.3, -0.25) is 4.79 Å². The lowest BCUT2D eigenvalue weighted by molar-refractivity contribution is 0.0953. The molecule has 1 amide bonds. The first-order valence-electron chi connectivity index (χ1n) is 5.85. The van der Waals surface area contributed by atoms with Gasteiger partial charge >= 0.3 is 0 Å². The normalized spacial score (nSPS) is 9.29. The van der Waals surface area contributed by atoms with E-state index in [9.17, 15) is 4.79 Å². The minimum atomic E-state index is -0.0308. The lowest BCUT2D eigenvalue weighted by atomic mass is 10.1. The fourth-order valence-electron chi connectivity index (χ4n) is 1.34. The quantitative estimate of drug-likeness (QED) is 0.608. The van der Waals surface area contributed by atoms with Crippen molar-refractivity contribution in [2.75, 3.05) is 13.1 Å². The minimum absolute atomic E-state index is 0.0308. The highest BCUT2D eigenvalue weighted by Crippen LogP contribution is 2.03. The predicted octanol–water partition coefficient (Wildman–Crippen LogP) is 1.53. The molecule has 0 heterocycles. The Morgan fingerprint density at radius 3 is 2.65 bits per heavy atom. The van der Waals surface area contributed by atoms with Crippen molar-refractivity contribution >= 4 is 5.91 Å². The lowest BCUT2D eigenvalue weighted by Gasteiger charge is -2.03. The Balaban J connectivity index is 2.57. The van der Waals surface area contributed by atoms with Gasteiger partial charge in [0.1, 0.15) is 0 Å². The van der Waals surface area contributed by atoms with Crippen LogP contribution in [0.2, 0.25) is 0 Å². The van der Waals surface area contributed by atoms with Gasteiger partial charge in [-0.2, -0.15) is 0 Å². The number of carbonyl (C=O) groups excluding carboxylic acids is 1. The van der Waals surface area contributed by atoms with Gasteiger partial charge in [0.25, 0.3) is 5.91 Å². The van der Waals surface area contributed by atoms with Crippen LogP contribution in [0.3, 0.4) is 0 Å². The van der Waals surface area contributed by atoms with E-state index < -0.39 is 0 Å². The molecule has 0 aliphatic heterocycles. The number of amides is 1. The van der Waals surface area contributed by atoms with Crippen molar-refractivity contribution in [1.82, 2.24) is 5.32 Å². The Bertz CT molecular complexity index is 412. The molecule has 1 aromatic rings. The Labute approximate surface area is 102 Å². The monoisotopic (exact) mass is 230 g/mol. The number of benzene rings is 1. The summed E-state index contributed by atoms with van der Waals surface area (Å²) in [6, 6.07) is 7.22. The second-order valence-corrected chi connectivity index (χ2v) is 3.69. The first-order valence-corrected chi connectivity index (χ1v) is 5.85. The zero-order chi connectivity index (χ0) is 12.5. The van der Waals surface area contributed by atoms with Gasteiger partial charge in [-0.1, -0.05) is 25.2 Å². The summed E-state index contributed by atoms with van der Waals surface area (Å²) < 4.78 is 0. The van der Waals surface area contributed by atoms with Crippen LogP contribution in [0.25, 0.3) is 0 Å². The highest BCUT2D eigenvalue weighted by atomic mass is 16.1. The summed E-state index contributed by atoms with van der Waals surface area (Å²) in [7, 11) is 0. The molecule has 0 aliphatic rings. The molecule has 1 rings (SSSR count). The zero-order valence-electron chi connectivity index (χ0n) is 10.1. The Morgan fingerprint density at radius 1 is 1.35 bits per heavy atom. The highest BCUT2D eigenvalue weighted by molar-refractivity contribution is 5.94. The van der Waals surface area contributed by atoms with E-state index in [-0.39, 0.29) is 5.91 Å². The van der Waals surface area contributed by atoms with E-state index in [1.165, 1.54) is 0 Å². The molecule has 3 heteroatoms. The fourth-order valence-corrected chi connectivity index (χ4v) is 1.34. The molecule has 0 aliphatic carbocycles. The van der Waals surface area contributed by atoms with Gasteiger partial charge in [0.2, 0.25) is 0 Å². The zero-order valence-corrected chi connectivity index (χ0v) is 10.1. The van der Waals surface area contributed by atoms with E-state index in [1.54, 1.807) is 12.1 Å². The van der Waals surface area contributed by atoms with E-state index in [4.69, 9.17) is 5.73 Å². The van der Waals surface area contributed by atoms with Gasteiger partial charge < -0.3 is 11.1 Å². The molecule has 0 unspecified atom stereocenters. The van der Waals surface area contributed by atoms with Crippen molar-refractivity contribution in [3.8, 4) is 11.8 Å². The summed E-state index contributed by atoms with van der Waals surface area (Å²) in [6.45, 7) is 3.17. The molecule has 0 saturated carbocycles. The Hall–Kier alpha value is -1.79. The number of hydrogen-bond donors (Lipinski definition) is 2. The van der Waals surface area contributed by atoms with E-state index >= 15 is 0 Å². The van der Waals surface area contributed by atoms with Gasteiger partial charge in [-0.15, -0.1) is 0 Å². The molecule has 90 valence electrons. The number of hydrogen-bond acceptors (Lipinski definition) is 2. The molecule has 0 spiro atoms. The first kappa shape index (κ1) is 13.3. The van der Waals surface area contributed by atoms with Crippen molar-refractivity contribution in [2.24, 2.45) is 5.73 Å². The smallest absolute Gasteiger partial charge is 0.251 e. The number of nitrogens with two attached hydrogens (primary N) is 1. The molecule has 3 nitrogen and oxygen atoms in total. The Kier molecular flexibility index (Phi) is 5.84. The molecule has 0 bridgehead atoms. The van der Waals surface area contributed by atoms with Crippen LogP contribution in [-0.4, -0.2) is 19.0 Å². The van der Waals surface area contributed by atoms with Crippen LogP contribution in [0.4, 0.5) is 0 Å². The van der Waals surface area contributed by atoms with Crippen LogP contribution in [0.15, 0.2) is 24.3 Å². The summed E-state index contributed by atoms with van der Waals surface area (Å²) >= 11 is 0. The van der Waals surface area contributed by atoms with E-state index in [0.717, 1.165) is 24.9 Å². The SMILES string of the molecule is CCCCNC(=O)c1ccc(C#CCN)cc1. The topological polar surface area (TPSA) is 55.1 Å². The van der Waals surface area contributed by atoms with Crippen LogP contribution < -0.4 is 11.1 Å². The summed E-state index contributed by atoms with van der Waals surface area (Å²) in [5.74, 6) is 5.66. The van der Waals surface area contributed by atoms with Crippen LogP contribution in [0.5, 0.6) is 0 Å². The van der Waals surface area contributed by atoms with Gasteiger partial charge in [-0.25, -0.2) is 0 Å². The van der Waals surface area contributed by atoms with Crippen molar-refractivity contribution in [1.29, 1.82) is 0 Å². The third kappa shape index (κ3) is 4.71. The average molecular weight is 230 g/mol. The molecule has 1 aromatic carbocycles. The number of unbranched alkanes of at least 4 members (excludes halogenated alkanes) is 1. The standard InChI is InChI=1S/C14H18N2O/c1-2-3-11-16-14(17)13-8-6-12(7-9-13)5-4-10-15/h6-9H,2-3,10-11,15H2,1H3,(H,16,17). The molecule has 17 heavy (non-hydrogen) atoms. The van der Waals surface area contributed by atoms with Crippen molar-refractivity contribution in [3.05, 3.63) is 35.4 Å². The maximum Gasteiger partial charge on any atom is 0.251 e. The molecule has 0 fully saturated rings. The van der Waals surface area contributed by atoms with E-state index in [0.29, 0.717) is 12.1 Å². The highest BCUT2D eigenvalue weighted by Gasteiger charge is 2.03. The van der Waals surface area contributed by atoms with E-state index in [2.05, 4.69) is 24.1 Å². The minimum Gasteiger partial charge on any atom is -0.352 e. The third-order valence-electron chi connectivity index (χ3n) is 2.30. The predicted molar refractivity (Wildman–Crippen MR) is 69.6 cm³/mol. The third-order valence-corrected chi connectivity index (χ3v) is 2.30. The maximum absolute atomic E-state index is 11.7. The van der Waals surface area contributed by atoms with Crippen LogP contribution >= 0.6 is 0 Å². The Morgan fingerprint density at radius 2 is 2.06 bits per heavy atom. The van der Waals surface area contributed by atoms with Crippen LogP contribution in [-0.2, 0) is 0 Å². The molecule has 0 radical (unpaired) electrons. The van der Waals surface area contributed by atoms with Gasteiger partial charge in [-0.05, 0) is 30.7 Å². The second-order valence-electron chi connectivity index (χ2n) is 3.69. The number of nitrogens with one attached hydrogen (secondary N) is 1. The lowest BCUT2D eigenvalue weighted by Crippen LogP contribution is -2.24. The average Bonchev–Trinajstić information content (AvgIpc) is 2.37. The maximum atomic E-state index is 11.7. The molecular formula is C14H18N2O. The number of rotatable bonds is 4. The second kappa shape index (κ2) is 7.48. The first-order chi connectivity index (χ1) is 8.27. The molecule has 3 N–H and O–H groups in total. The van der Waals surface area contributed by atoms with Gasteiger partial charge in [0.15, 0.2) is 0 Å². The summed E-state index contributed by atoms with van der Waals surface area (Å²) in [5, 5.41) is 2.87. The fraction of sp³-hybridized carbons (Fsp3) is 0.357. The molecule has 0 atom stereocenters.